The van der Waals surface area contributed by atoms with Gasteiger partial charge in [-0.2, -0.15) is 9.65 Å². The molecule has 2 saturated carbocycles. The lowest BCUT2D eigenvalue weighted by Gasteiger charge is -2.37. The van der Waals surface area contributed by atoms with Gasteiger partial charge in [0.2, 0.25) is 0 Å². The van der Waals surface area contributed by atoms with E-state index in [1.54, 1.807) is 12.1 Å². The lowest BCUT2D eigenvalue weighted by atomic mass is 9.68. The Morgan fingerprint density at radius 3 is 1.88 bits per heavy atom. The lowest BCUT2D eigenvalue weighted by Crippen LogP contribution is -2.25. The van der Waals surface area contributed by atoms with Crippen LogP contribution in [0.25, 0.3) is 0 Å². The van der Waals surface area contributed by atoms with Crippen LogP contribution in [0.3, 0.4) is 0 Å². The Kier molecular flexibility index (Phi) is 12.2. The van der Waals surface area contributed by atoms with Gasteiger partial charge in [-0.15, -0.1) is 0 Å². The van der Waals surface area contributed by atoms with E-state index in [0.717, 1.165) is 30.6 Å². The molecule has 0 aliphatic heterocycles. The van der Waals surface area contributed by atoms with Crippen molar-refractivity contribution in [1.82, 2.24) is 0 Å². The van der Waals surface area contributed by atoms with Crippen LogP contribution in [0.5, 0.6) is 0 Å². The molecular formula is C32H48FN. The van der Waals surface area contributed by atoms with Crippen LogP contribution in [0.2, 0.25) is 0 Å². The third-order valence-corrected chi connectivity index (χ3v) is 8.78. The monoisotopic (exact) mass is 465 g/mol. The van der Waals surface area contributed by atoms with Crippen LogP contribution in [0.15, 0.2) is 36.2 Å². The number of nitriles is 1. The standard InChI is InChI=1S/C32H48FN/c1-2-3-4-5-6-9-26-12-14-27(15-13-26)10-7-8-11-28-16-20-30(21-17-28)31-22-18-29(19-23-31)24-32(33)25-34/h12-15,24,28-31H,2-11,16-23H2,1H3/b32-24+. The molecule has 1 nitrogen and oxygen atoms in total. The summed E-state index contributed by atoms with van der Waals surface area (Å²) in [5.41, 5.74) is 3.02. The van der Waals surface area contributed by atoms with E-state index in [-0.39, 0.29) is 0 Å². The molecule has 0 bridgehead atoms. The average Bonchev–Trinajstić information content (AvgIpc) is 2.88. The molecule has 0 aromatic heterocycles. The van der Waals surface area contributed by atoms with Gasteiger partial charge in [-0.05, 0) is 105 Å². The summed E-state index contributed by atoms with van der Waals surface area (Å²) in [6.45, 7) is 2.28. The van der Waals surface area contributed by atoms with E-state index in [2.05, 4.69) is 31.2 Å². The van der Waals surface area contributed by atoms with Gasteiger partial charge in [-0.3, -0.25) is 0 Å². The maximum absolute atomic E-state index is 13.2. The first-order chi connectivity index (χ1) is 16.7. The number of hydrogen-bond donors (Lipinski definition) is 0. The number of benzene rings is 1. The fourth-order valence-corrected chi connectivity index (χ4v) is 6.54. The Hall–Kier alpha value is -1.62. The molecule has 0 atom stereocenters. The van der Waals surface area contributed by atoms with Crippen molar-refractivity contribution in [3.05, 3.63) is 47.3 Å². The van der Waals surface area contributed by atoms with Crippen LogP contribution in [0.1, 0.15) is 121 Å². The van der Waals surface area contributed by atoms with E-state index in [9.17, 15) is 4.39 Å². The van der Waals surface area contributed by atoms with E-state index < -0.39 is 5.83 Å². The van der Waals surface area contributed by atoms with Crippen molar-refractivity contribution in [2.24, 2.45) is 23.7 Å². The molecule has 0 saturated heterocycles. The van der Waals surface area contributed by atoms with Gasteiger partial charge >= 0.3 is 0 Å². The first kappa shape index (κ1) is 27.0. The molecule has 0 spiro atoms. The van der Waals surface area contributed by atoms with Gasteiger partial charge in [0.05, 0.1) is 0 Å². The van der Waals surface area contributed by atoms with Crippen molar-refractivity contribution in [3.63, 3.8) is 0 Å². The Morgan fingerprint density at radius 1 is 0.794 bits per heavy atom. The zero-order valence-corrected chi connectivity index (χ0v) is 21.7. The summed E-state index contributed by atoms with van der Waals surface area (Å²) < 4.78 is 13.2. The van der Waals surface area contributed by atoms with Crippen molar-refractivity contribution in [2.45, 2.75) is 122 Å². The number of unbranched alkanes of at least 4 members (excludes halogenated alkanes) is 5. The van der Waals surface area contributed by atoms with Crippen LogP contribution >= 0.6 is 0 Å². The number of nitrogens with zero attached hydrogens (tertiary/aromatic N) is 1. The predicted molar refractivity (Wildman–Crippen MR) is 142 cm³/mol. The second-order valence-corrected chi connectivity index (χ2v) is 11.3. The molecule has 0 heterocycles. The highest BCUT2D eigenvalue weighted by Gasteiger charge is 2.30. The molecule has 2 fully saturated rings. The second kappa shape index (κ2) is 15.4. The second-order valence-electron chi connectivity index (χ2n) is 11.3. The van der Waals surface area contributed by atoms with Crippen molar-refractivity contribution < 1.29 is 4.39 Å². The van der Waals surface area contributed by atoms with Gasteiger partial charge in [-0.1, -0.05) is 82.6 Å². The van der Waals surface area contributed by atoms with Gasteiger partial charge in [0, 0.05) is 0 Å². The van der Waals surface area contributed by atoms with Crippen molar-refractivity contribution in [1.29, 1.82) is 5.26 Å². The van der Waals surface area contributed by atoms with Gasteiger partial charge in [-0.25, -0.2) is 0 Å². The summed E-state index contributed by atoms with van der Waals surface area (Å²) in [6.07, 6.45) is 25.2. The van der Waals surface area contributed by atoms with Crippen LogP contribution in [0.4, 0.5) is 4.39 Å². The highest BCUT2D eigenvalue weighted by atomic mass is 19.1. The van der Waals surface area contributed by atoms with Crippen molar-refractivity contribution in [2.75, 3.05) is 0 Å². The van der Waals surface area contributed by atoms with E-state index in [4.69, 9.17) is 5.26 Å². The van der Waals surface area contributed by atoms with Crippen LogP contribution in [0, 0.1) is 35.0 Å². The molecule has 2 aliphatic carbocycles. The highest BCUT2D eigenvalue weighted by molar-refractivity contribution is 5.22. The minimum atomic E-state index is -0.589. The van der Waals surface area contributed by atoms with Crippen LogP contribution in [-0.2, 0) is 12.8 Å². The molecule has 2 heteroatoms. The van der Waals surface area contributed by atoms with Gasteiger partial charge < -0.3 is 0 Å². The van der Waals surface area contributed by atoms with Crippen molar-refractivity contribution >= 4 is 0 Å². The summed E-state index contributed by atoms with van der Waals surface area (Å²) in [5.74, 6) is 2.38. The molecular weight excluding hydrogens is 417 g/mol. The van der Waals surface area contributed by atoms with E-state index >= 15 is 0 Å². The highest BCUT2D eigenvalue weighted by Crippen LogP contribution is 2.42. The Labute approximate surface area is 209 Å². The quantitative estimate of drug-likeness (QED) is 0.210. The molecule has 2 aliphatic rings. The zero-order chi connectivity index (χ0) is 24.0. The SMILES string of the molecule is CCCCCCCc1ccc(CCCCC2CCC(C3CCC(/C=C(/F)C#N)CC3)CC2)cc1. The predicted octanol–water partition coefficient (Wildman–Crippen LogP) is 9.90. The first-order valence-corrected chi connectivity index (χ1v) is 14.5. The Morgan fingerprint density at radius 2 is 1.32 bits per heavy atom. The van der Waals surface area contributed by atoms with E-state index in [0.29, 0.717) is 5.92 Å². The van der Waals surface area contributed by atoms with Crippen LogP contribution < -0.4 is 0 Å². The minimum absolute atomic E-state index is 0.291. The van der Waals surface area contributed by atoms with Gasteiger partial charge in [0.1, 0.15) is 6.07 Å². The maximum Gasteiger partial charge on any atom is 0.196 e. The normalized spacial score (nSPS) is 25.7. The molecule has 0 amide bonds. The van der Waals surface area contributed by atoms with Crippen LogP contribution in [-0.4, -0.2) is 0 Å². The third-order valence-electron chi connectivity index (χ3n) is 8.78. The summed E-state index contributed by atoms with van der Waals surface area (Å²) in [5, 5.41) is 8.64. The fraction of sp³-hybridized carbons (Fsp3) is 0.719. The Bertz CT molecular complexity index is 742. The maximum atomic E-state index is 13.2. The number of allylic oxidation sites excluding steroid dienone is 2. The molecule has 3 rings (SSSR count). The van der Waals surface area contributed by atoms with Gasteiger partial charge in [0.15, 0.2) is 5.83 Å². The van der Waals surface area contributed by atoms with E-state index in [1.807, 2.05) is 0 Å². The zero-order valence-electron chi connectivity index (χ0n) is 21.7. The summed E-state index contributed by atoms with van der Waals surface area (Å²) in [6, 6.07) is 11.1. The molecule has 0 unspecified atom stereocenters. The minimum Gasteiger partial charge on any atom is -0.195 e. The summed E-state index contributed by atoms with van der Waals surface area (Å²) in [7, 11) is 0. The first-order valence-electron chi connectivity index (χ1n) is 14.5. The largest absolute Gasteiger partial charge is 0.196 e. The molecule has 0 N–H and O–H groups in total. The average molecular weight is 466 g/mol. The number of rotatable bonds is 13. The van der Waals surface area contributed by atoms with E-state index in [1.165, 1.54) is 114 Å². The number of hydrogen-bond acceptors (Lipinski definition) is 1. The smallest absolute Gasteiger partial charge is 0.195 e. The molecule has 1 aromatic carbocycles. The Balaban J connectivity index is 1.24. The molecule has 1 aromatic rings. The summed E-state index contributed by atoms with van der Waals surface area (Å²) >= 11 is 0. The molecule has 34 heavy (non-hydrogen) atoms. The lowest BCUT2D eigenvalue weighted by molar-refractivity contribution is 0.151. The topological polar surface area (TPSA) is 23.8 Å². The molecule has 0 radical (unpaired) electrons. The summed E-state index contributed by atoms with van der Waals surface area (Å²) in [4.78, 5) is 0. The number of halogens is 1. The molecule has 188 valence electrons. The number of aryl methyl sites for hydroxylation is 2. The van der Waals surface area contributed by atoms with Crippen molar-refractivity contribution in [3.8, 4) is 6.07 Å². The van der Waals surface area contributed by atoms with Gasteiger partial charge in [0.25, 0.3) is 0 Å². The fourth-order valence-electron chi connectivity index (χ4n) is 6.54. The third kappa shape index (κ3) is 9.56.